The minimum atomic E-state index is 0.0658. The third kappa shape index (κ3) is 3.94. The van der Waals surface area contributed by atoms with Gasteiger partial charge in [-0.2, -0.15) is 0 Å². The molecule has 1 aromatic rings. The number of rotatable bonds is 3. The fourth-order valence-corrected chi connectivity index (χ4v) is 3.75. The molecule has 104 valence electrons. The Hall–Kier alpha value is -0.100. The summed E-state index contributed by atoms with van der Waals surface area (Å²) in [7, 11) is 0. The monoisotopic (exact) mass is 435 g/mol. The van der Waals surface area contributed by atoms with Crippen molar-refractivity contribution in [3.63, 3.8) is 0 Å². The molecule has 1 N–H and O–H groups in total. The Labute approximate surface area is 137 Å². The second-order valence-electron chi connectivity index (χ2n) is 5.16. The number of hydrogen-bond donors (Lipinski definition) is 1. The quantitative estimate of drug-likeness (QED) is 0.681. The second kappa shape index (κ2) is 7.07. The van der Waals surface area contributed by atoms with E-state index < -0.39 is 0 Å². The maximum absolute atomic E-state index is 12.4. The van der Waals surface area contributed by atoms with E-state index in [1.165, 1.54) is 19.3 Å². The highest BCUT2D eigenvalue weighted by Gasteiger charge is 2.25. The Balaban J connectivity index is 2.09. The van der Waals surface area contributed by atoms with Gasteiger partial charge in [0.1, 0.15) is 0 Å². The summed E-state index contributed by atoms with van der Waals surface area (Å²) in [6, 6.07) is 6.19. The summed E-state index contributed by atoms with van der Waals surface area (Å²) in [4.78, 5) is 12.4. The number of benzene rings is 1. The molecule has 1 fully saturated rings. The fourth-order valence-electron chi connectivity index (χ4n) is 2.80. The van der Waals surface area contributed by atoms with Gasteiger partial charge in [-0.3, -0.25) is 4.79 Å². The third-order valence-electron chi connectivity index (χ3n) is 3.92. The third-order valence-corrected chi connectivity index (χ3v) is 5.36. The Kier molecular flexibility index (Phi) is 5.69. The summed E-state index contributed by atoms with van der Waals surface area (Å²) >= 11 is 5.65. The van der Waals surface area contributed by atoms with Crippen LogP contribution in [0.4, 0.5) is 0 Å². The number of amides is 1. The lowest BCUT2D eigenvalue weighted by molar-refractivity contribution is 0.0904. The topological polar surface area (TPSA) is 29.1 Å². The van der Waals surface area contributed by atoms with Crippen molar-refractivity contribution in [2.24, 2.45) is 5.92 Å². The van der Waals surface area contributed by atoms with Crippen LogP contribution in [0.1, 0.15) is 49.4 Å². The van der Waals surface area contributed by atoms with Gasteiger partial charge in [0.15, 0.2) is 0 Å². The summed E-state index contributed by atoms with van der Waals surface area (Å²) < 4.78 is 1.95. The van der Waals surface area contributed by atoms with Gasteiger partial charge in [-0.15, -0.1) is 0 Å². The number of carbonyl (C=O) groups excluding carboxylic acids is 1. The second-order valence-corrected chi connectivity index (χ2v) is 7.23. The van der Waals surface area contributed by atoms with Crippen molar-refractivity contribution in [2.45, 2.75) is 45.1 Å². The van der Waals surface area contributed by atoms with E-state index in [0.717, 1.165) is 26.4 Å². The highest BCUT2D eigenvalue weighted by atomic mass is 127. The summed E-state index contributed by atoms with van der Waals surface area (Å²) in [6.07, 6.45) is 6.06. The van der Waals surface area contributed by atoms with Crippen LogP contribution < -0.4 is 5.32 Å². The first-order valence-corrected chi connectivity index (χ1v) is 8.75. The highest BCUT2D eigenvalue weighted by molar-refractivity contribution is 14.1. The van der Waals surface area contributed by atoms with Crippen LogP contribution in [-0.2, 0) is 0 Å². The molecule has 1 aliphatic carbocycles. The molecule has 19 heavy (non-hydrogen) atoms. The van der Waals surface area contributed by atoms with Gasteiger partial charge in [-0.25, -0.2) is 0 Å². The molecule has 0 radical (unpaired) electrons. The maximum atomic E-state index is 12.4. The van der Waals surface area contributed by atoms with Crippen molar-refractivity contribution >= 4 is 44.4 Å². The summed E-state index contributed by atoms with van der Waals surface area (Å²) in [6.45, 7) is 2.22. The zero-order valence-corrected chi connectivity index (χ0v) is 14.8. The predicted octanol–water partition coefficient (Wildman–Crippen LogP) is 4.75. The van der Waals surface area contributed by atoms with Crippen LogP contribution in [0, 0.1) is 9.49 Å². The summed E-state index contributed by atoms with van der Waals surface area (Å²) in [5.74, 6) is 0.707. The SMILES string of the molecule is CCC1CCCCC1NC(=O)c1cc(Br)ccc1I. The van der Waals surface area contributed by atoms with Gasteiger partial charge in [0.2, 0.25) is 0 Å². The van der Waals surface area contributed by atoms with Crippen LogP contribution in [0.2, 0.25) is 0 Å². The molecule has 1 aromatic carbocycles. The molecular weight excluding hydrogens is 417 g/mol. The highest BCUT2D eigenvalue weighted by Crippen LogP contribution is 2.27. The molecule has 0 aliphatic heterocycles. The normalized spacial score (nSPS) is 23.1. The molecule has 2 rings (SSSR count). The van der Waals surface area contributed by atoms with E-state index in [9.17, 15) is 4.79 Å². The number of carbonyl (C=O) groups is 1. The fraction of sp³-hybridized carbons (Fsp3) is 0.533. The summed E-state index contributed by atoms with van der Waals surface area (Å²) in [5, 5.41) is 3.24. The molecule has 0 bridgehead atoms. The van der Waals surface area contributed by atoms with E-state index in [-0.39, 0.29) is 5.91 Å². The van der Waals surface area contributed by atoms with Crippen LogP contribution in [0.15, 0.2) is 22.7 Å². The lowest BCUT2D eigenvalue weighted by Crippen LogP contribution is -2.42. The van der Waals surface area contributed by atoms with E-state index >= 15 is 0 Å². The van der Waals surface area contributed by atoms with Crippen molar-refractivity contribution in [2.75, 3.05) is 0 Å². The van der Waals surface area contributed by atoms with Gasteiger partial charge >= 0.3 is 0 Å². The van der Waals surface area contributed by atoms with Gasteiger partial charge in [0.05, 0.1) is 5.56 Å². The van der Waals surface area contributed by atoms with Crippen molar-refractivity contribution < 1.29 is 4.79 Å². The molecular formula is C15H19BrINO. The molecule has 2 nitrogen and oxygen atoms in total. The molecule has 4 heteroatoms. The Morgan fingerprint density at radius 1 is 1.42 bits per heavy atom. The van der Waals surface area contributed by atoms with Crippen LogP contribution in [0.5, 0.6) is 0 Å². The average Bonchev–Trinajstić information content (AvgIpc) is 2.42. The molecule has 0 spiro atoms. The number of nitrogens with one attached hydrogen (secondary N) is 1. The van der Waals surface area contributed by atoms with Crippen LogP contribution in [0.3, 0.4) is 0 Å². The first-order chi connectivity index (χ1) is 9.11. The van der Waals surface area contributed by atoms with E-state index in [1.807, 2.05) is 18.2 Å². The smallest absolute Gasteiger partial charge is 0.252 e. The van der Waals surface area contributed by atoms with E-state index in [1.54, 1.807) is 0 Å². The zero-order chi connectivity index (χ0) is 13.8. The van der Waals surface area contributed by atoms with Crippen LogP contribution in [0.25, 0.3) is 0 Å². The van der Waals surface area contributed by atoms with Crippen LogP contribution in [-0.4, -0.2) is 11.9 Å². The minimum absolute atomic E-state index is 0.0658. The van der Waals surface area contributed by atoms with Crippen molar-refractivity contribution in [1.29, 1.82) is 0 Å². The molecule has 1 amide bonds. The molecule has 0 heterocycles. The first kappa shape index (κ1) is 15.3. The van der Waals surface area contributed by atoms with E-state index in [0.29, 0.717) is 12.0 Å². The number of halogens is 2. The summed E-state index contributed by atoms with van der Waals surface area (Å²) in [5.41, 5.74) is 0.774. The van der Waals surface area contributed by atoms with Gasteiger partial charge in [0, 0.05) is 14.1 Å². The van der Waals surface area contributed by atoms with E-state index in [4.69, 9.17) is 0 Å². The van der Waals surface area contributed by atoms with Gasteiger partial charge in [-0.05, 0) is 59.5 Å². The van der Waals surface area contributed by atoms with Crippen molar-refractivity contribution in [3.05, 3.63) is 31.8 Å². The standard InChI is InChI=1S/C15H19BrINO/c1-2-10-5-3-4-6-14(10)18-15(19)12-9-11(16)7-8-13(12)17/h7-10,14H,2-6H2,1H3,(H,18,19). The van der Waals surface area contributed by atoms with Crippen molar-refractivity contribution in [3.8, 4) is 0 Å². The Bertz CT molecular complexity index is 463. The zero-order valence-electron chi connectivity index (χ0n) is 11.1. The molecule has 0 aromatic heterocycles. The van der Waals surface area contributed by atoms with Gasteiger partial charge < -0.3 is 5.32 Å². The molecule has 0 saturated heterocycles. The molecule has 1 saturated carbocycles. The predicted molar refractivity (Wildman–Crippen MR) is 90.4 cm³/mol. The Morgan fingerprint density at radius 2 is 2.16 bits per heavy atom. The van der Waals surface area contributed by atoms with E-state index in [2.05, 4.69) is 50.8 Å². The van der Waals surface area contributed by atoms with Crippen molar-refractivity contribution in [1.82, 2.24) is 5.32 Å². The minimum Gasteiger partial charge on any atom is -0.349 e. The lowest BCUT2D eigenvalue weighted by atomic mass is 9.83. The van der Waals surface area contributed by atoms with Gasteiger partial charge in [-0.1, -0.05) is 42.1 Å². The number of hydrogen-bond acceptors (Lipinski definition) is 1. The lowest BCUT2D eigenvalue weighted by Gasteiger charge is -2.31. The van der Waals surface area contributed by atoms with Gasteiger partial charge in [0.25, 0.3) is 5.91 Å². The van der Waals surface area contributed by atoms with Crippen LogP contribution >= 0.6 is 38.5 Å². The molecule has 1 aliphatic rings. The Morgan fingerprint density at radius 3 is 2.89 bits per heavy atom. The maximum Gasteiger partial charge on any atom is 0.252 e. The average molecular weight is 436 g/mol. The molecule has 2 atom stereocenters. The largest absolute Gasteiger partial charge is 0.349 e. The molecule has 2 unspecified atom stereocenters. The first-order valence-electron chi connectivity index (χ1n) is 6.87.